The van der Waals surface area contributed by atoms with Crippen molar-refractivity contribution in [1.82, 2.24) is 15.5 Å². The molecule has 1 atom stereocenters. The molecule has 2 aromatic carbocycles. The van der Waals surface area contributed by atoms with Gasteiger partial charge in [-0.25, -0.2) is 9.18 Å². The Kier molecular flexibility index (Phi) is 6.41. The predicted octanol–water partition coefficient (Wildman–Crippen LogP) is 2.86. The van der Waals surface area contributed by atoms with Crippen molar-refractivity contribution in [2.24, 2.45) is 0 Å². The third-order valence-electron chi connectivity index (χ3n) is 4.70. The van der Waals surface area contributed by atoms with Crippen LogP contribution >= 0.6 is 0 Å². The third-order valence-corrected chi connectivity index (χ3v) is 4.70. The minimum atomic E-state index is -0.647. The number of nitrogens with one attached hydrogen (secondary N) is 2. The lowest BCUT2D eigenvalue weighted by Gasteiger charge is -2.24. The number of nitrogens with zero attached hydrogens (tertiary/aromatic N) is 1. The maximum atomic E-state index is 13.7. The minimum Gasteiger partial charge on any atom is -0.341 e. The van der Waals surface area contributed by atoms with Gasteiger partial charge in [0.05, 0.1) is 0 Å². The van der Waals surface area contributed by atoms with Crippen LogP contribution in [0.1, 0.15) is 24.0 Å². The van der Waals surface area contributed by atoms with Gasteiger partial charge in [0.25, 0.3) is 0 Å². The smallest absolute Gasteiger partial charge is 0.315 e. The number of hydrogen-bond donors (Lipinski definition) is 2. The topological polar surface area (TPSA) is 61.4 Å². The Morgan fingerprint density at radius 1 is 1.00 bits per heavy atom. The number of rotatable bonds is 6. The molecule has 3 rings (SSSR count). The highest BCUT2D eigenvalue weighted by Gasteiger charge is 2.28. The fraction of sp³-hybridized carbons (Fsp3) is 0.333. The summed E-state index contributed by atoms with van der Waals surface area (Å²) in [7, 11) is 0. The molecular formula is C21H24FN3O2. The Morgan fingerprint density at radius 2 is 1.67 bits per heavy atom. The van der Waals surface area contributed by atoms with Gasteiger partial charge in [-0.3, -0.25) is 4.79 Å². The van der Waals surface area contributed by atoms with Crippen molar-refractivity contribution in [3.05, 3.63) is 71.5 Å². The van der Waals surface area contributed by atoms with E-state index in [2.05, 4.69) is 10.6 Å². The molecule has 1 fully saturated rings. The van der Waals surface area contributed by atoms with Crippen molar-refractivity contribution < 1.29 is 14.0 Å². The molecule has 0 saturated carbocycles. The summed E-state index contributed by atoms with van der Waals surface area (Å²) in [6.07, 6.45) is 2.40. The maximum absolute atomic E-state index is 13.7. The van der Waals surface area contributed by atoms with Crippen LogP contribution in [0.4, 0.5) is 9.18 Å². The standard InChI is InChI=1S/C21H24FN3O2/c22-18-11-5-4-10-17(18)15-23-21(27)24-19(14-16-8-2-1-3-9-16)20(26)25-12-6-7-13-25/h1-5,8-11,19H,6-7,12-15H2,(H2,23,24,27)/t19-/m1/s1. The van der Waals surface area contributed by atoms with Gasteiger partial charge in [0.15, 0.2) is 0 Å². The molecule has 6 heteroatoms. The first-order chi connectivity index (χ1) is 13.1. The zero-order valence-corrected chi connectivity index (χ0v) is 15.2. The molecule has 1 saturated heterocycles. The monoisotopic (exact) mass is 369 g/mol. The first-order valence-electron chi connectivity index (χ1n) is 9.24. The molecule has 5 nitrogen and oxygen atoms in total. The number of halogens is 1. The van der Waals surface area contributed by atoms with Gasteiger partial charge in [-0.2, -0.15) is 0 Å². The summed E-state index contributed by atoms with van der Waals surface area (Å²) in [5, 5.41) is 5.41. The van der Waals surface area contributed by atoms with Gasteiger partial charge in [0, 0.05) is 31.6 Å². The Labute approximate surface area is 158 Å². The number of amides is 3. The van der Waals surface area contributed by atoms with Crippen LogP contribution in [-0.2, 0) is 17.8 Å². The van der Waals surface area contributed by atoms with E-state index >= 15 is 0 Å². The number of carbonyl (C=O) groups excluding carboxylic acids is 2. The summed E-state index contributed by atoms with van der Waals surface area (Å²) < 4.78 is 13.7. The van der Waals surface area contributed by atoms with Gasteiger partial charge in [-0.05, 0) is 24.5 Å². The van der Waals surface area contributed by atoms with Gasteiger partial charge in [-0.15, -0.1) is 0 Å². The molecule has 1 aliphatic rings. The molecule has 0 aliphatic carbocycles. The fourth-order valence-electron chi connectivity index (χ4n) is 3.23. The summed E-state index contributed by atoms with van der Waals surface area (Å²) >= 11 is 0. The van der Waals surface area contributed by atoms with Crippen LogP contribution in [0.3, 0.4) is 0 Å². The molecule has 3 amide bonds. The zero-order valence-electron chi connectivity index (χ0n) is 15.2. The number of likely N-dealkylation sites (tertiary alicyclic amines) is 1. The highest BCUT2D eigenvalue weighted by atomic mass is 19.1. The highest BCUT2D eigenvalue weighted by molar-refractivity contribution is 5.87. The van der Waals surface area contributed by atoms with Crippen LogP contribution in [0.25, 0.3) is 0 Å². The Bertz CT molecular complexity index is 776. The molecule has 0 spiro atoms. The summed E-state index contributed by atoms with van der Waals surface area (Å²) in [5.41, 5.74) is 1.38. The van der Waals surface area contributed by atoms with Crippen LogP contribution in [0, 0.1) is 5.82 Å². The van der Waals surface area contributed by atoms with E-state index in [1.807, 2.05) is 30.3 Å². The van der Waals surface area contributed by atoms with E-state index in [1.165, 1.54) is 6.07 Å². The molecule has 0 unspecified atom stereocenters. The van der Waals surface area contributed by atoms with E-state index in [0.29, 0.717) is 12.0 Å². The van der Waals surface area contributed by atoms with Crippen molar-refractivity contribution in [2.75, 3.05) is 13.1 Å². The lowest BCUT2D eigenvalue weighted by molar-refractivity contribution is -0.132. The molecule has 27 heavy (non-hydrogen) atoms. The molecule has 1 heterocycles. The second kappa shape index (κ2) is 9.16. The number of benzene rings is 2. The predicted molar refractivity (Wildman–Crippen MR) is 102 cm³/mol. The van der Waals surface area contributed by atoms with E-state index in [9.17, 15) is 14.0 Å². The zero-order chi connectivity index (χ0) is 19.1. The molecule has 142 valence electrons. The van der Waals surface area contributed by atoms with Crippen LogP contribution in [0.5, 0.6) is 0 Å². The van der Waals surface area contributed by atoms with Crippen molar-refractivity contribution in [2.45, 2.75) is 31.8 Å². The fourth-order valence-corrected chi connectivity index (χ4v) is 3.23. The van der Waals surface area contributed by atoms with E-state index in [1.54, 1.807) is 23.1 Å². The molecule has 0 aromatic heterocycles. The average Bonchev–Trinajstić information content (AvgIpc) is 3.22. The maximum Gasteiger partial charge on any atom is 0.315 e. The summed E-state index contributed by atoms with van der Waals surface area (Å²) in [4.78, 5) is 27.0. The SMILES string of the molecule is O=C(NCc1ccccc1F)N[C@H](Cc1ccccc1)C(=O)N1CCCC1. The molecular weight excluding hydrogens is 345 g/mol. The van der Waals surface area contributed by atoms with Crippen LogP contribution in [-0.4, -0.2) is 36.0 Å². The summed E-state index contributed by atoms with van der Waals surface area (Å²) in [6, 6.07) is 14.8. The van der Waals surface area contributed by atoms with Gasteiger partial charge < -0.3 is 15.5 Å². The van der Waals surface area contributed by atoms with E-state index < -0.39 is 12.1 Å². The summed E-state index contributed by atoms with van der Waals surface area (Å²) in [6.45, 7) is 1.51. The Morgan fingerprint density at radius 3 is 2.37 bits per heavy atom. The van der Waals surface area contributed by atoms with Gasteiger partial charge in [-0.1, -0.05) is 48.5 Å². The average molecular weight is 369 g/mol. The first-order valence-corrected chi connectivity index (χ1v) is 9.24. The first kappa shape index (κ1) is 18.9. The minimum absolute atomic E-state index is 0.0640. The number of hydrogen-bond acceptors (Lipinski definition) is 2. The number of urea groups is 1. The highest BCUT2D eigenvalue weighted by Crippen LogP contribution is 2.12. The molecule has 1 aliphatic heterocycles. The van der Waals surface area contributed by atoms with E-state index in [4.69, 9.17) is 0 Å². The van der Waals surface area contributed by atoms with E-state index in [-0.39, 0.29) is 18.3 Å². The van der Waals surface area contributed by atoms with Crippen molar-refractivity contribution >= 4 is 11.9 Å². The molecule has 2 aromatic rings. The lowest BCUT2D eigenvalue weighted by atomic mass is 10.0. The summed E-state index contributed by atoms with van der Waals surface area (Å²) in [5.74, 6) is -0.441. The van der Waals surface area contributed by atoms with Gasteiger partial charge in [0.2, 0.25) is 5.91 Å². The van der Waals surface area contributed by atoms with Crippen molar-refractivity contribution in [3.8, 4) is 0 Å². The van der Waals surface area contributed by atoms with Crippen molar-refractivity contribution in [1.29, 1.82) is 0 Å². The molecule has 2 N–H and O–H groups in total. The number of carbonyl (C=O) groups is 2. The second-order valence-electron chi connectivity index (χ2n) is 6.69. The molecule has 0 bridgehead atoms. The third kappa shape index (κ3) is 5.29. The van der Waals surface area contributed by atoms with Crippen LogP contribution in [0.2, 0.25) is 0 Å². The van der Waals surface area contributed by atoms with Crippen LogP contribution in [0.15, 0.2) is 54.6 Å². The lowest BCUT2D eigenvalue weighted by Crippen LogP contribution is -2.51. The quantitative estimate of drug-likeness (QED) is 0.823. The normalized spacial score (nSPS) is 14.6. The Balaban J connectivity index is 1.63. The second-order valence-corrected chi connectivity index (χ2v) is 6.69. The molecule has 0 radical (unpaired) electrons. The van der Waals surface area contributed by atoms with Gasteiger partial charge in [0.1, 0.15) is 11.9 Å². The Hall–Kier alpha value is -2.89. The van der Waals surface area contributed by atoms with Crippen molar-refractivity contribution in [3.63, 3.8) is 0 Å². The van der Waals surface area contributed by atoms with E-state index in [0.717, 1.165) is 31.5 Å². The van der Waals surface area contributed by atoms with Gasteiger partial charge >= 0.3 is 6.03 Å². The van der Waals surface area contributed by atoms with Crippen LogP contribution < -0.4 is 10.6 Å². The largest absolute Gasteiger partial charge is 0.341 e.